The first-order valence-electron chi connectivity index (χ1n) is 20.2. The summed E-state index contributed by atoms with van der Waals surface area (Å²) in [7, 11) is 0. The Balaban J connectivity index is 1.23. The summed E-state index contributed by atoms with van der Waals surface area (Å²) in [5.41, 5.74) is 10.5. The van der Waals surface area contributed by atoms with Crippen molar-refractivity contribution in [2.24, 2.45) is 0 Å². The minimum Gasteiger partial charge on any atom is -0.308 e. The lowest BCUT2D eigenvalue weighted by Gasteiger charge is -2.17. The number of hydrogen-bond donors (Lipinski definition) is 0. The second-order valence-corrected chi connectivity index (χ2v) is 14.7. The fourth-order valence-electron chi connectivity index (χ4n) is 8.04. The van der Waals surface area contributed by atoms with E-state index in [-0.39, 0.29) is 0 Å². The molecule has 0 N–H and O–H groups in total. The van der Waals surface area contributed by atoms with E-state index >= 15 is 0 Å². The molecule has 0 atom stereocenters. The monoisotopic (exact) mass is 781 g/mol. The molecule has 0 spiro atoms. The van der Waals surface area contributed by atoms with Crippen LogP contribution >= 0.6 is 0 Å². The molecular weight excluding hydrogens is 747 g/mol. The summed E-state index contributed by atoms with van der Waals surface area (Å²) in [5, 5.41) is 2.29. The molecule has 286 valence electrons. The van der Waals surface area contributed by atoms with E-state index in [1.54, 1.807) is 0 Å². The van der Waals surface area contributed by atoms with Crippen molar-refractivity contribution in [1.29, 1.82) is 0 Å². The predicted molar refractivity (Wildman–Crippen MR) is 246 cm³/mol. The van der Waals surface area contributed by atoms with Gasteiger partial charge in [0.25, 0.3) is 0 Å². The molecule has 7 nitrogen and oxygen atoms in total. The largest absolute Gasteiger partial charge is 0.308 e. The fourth-order valence-corrected chi connectivity index (χ4v) is 8.04. The van der Waals surface area contributed by atoms with Gasteiger partial charge in [0.2, 0.25) is 0 Å². The van der Waals surface area contributed by atoms with Crippen molar-refractivity contribution in [3.63, 3.8) is 0 Å². The van der Waals surface area contributed by atoms with Crippen molar-refractivity contribution in [3.8, 4) is 85.1 Å². The molecule has 0 bridgehead atoms. The summed E-state index contributed by atoms with van der Waals surface area (Å²) in [6.45, 7) is 0. The van der Waals surface area contributed by atoms with Crippen LogP contribution in [-0.4, -0.2) is 34.5 Å². The summed E-state index contributed by atoms with van der Waals surface area (Å²) >= 11 is 0. The van der Waals surface area contributed by atoms with Gasteiger partial charge in [-0.15, -0.1) is 0 Å². The molecular formula is C54H35N7. The zero-order valence-electron chi connectivity index (χ0n) is 32.8. The van der Waals surface area contributed by atoms with Gasteiger partial charge in [-0.05, 0) is 29.8 Å². The Labute approximate surface area is 352 Å². The van der Waals surface area contributed by atoms with Crippen molar-refractivity contribution in [3.05, 3.63) is 212 Å². The Morgan fingerprint density at radius 3 is 1.15 bits per heavy atom. The minimum atomic E-state index is 0.522. The van der Waals surface area contributed by atoms with Gasteiger partial charge in [-0.2, -0.15) is 0 Å². The zero-order chi connectivity index (χ0) is 40.5. The average molecular weight is 782 g/mol. The van der Waals surface area contributed by atoms with Crippen molar-refractivity contribution in [2.75, 3.05) is 0 Å². The lowest BCUT2D eigenvalue weighted by Crippen LogP contribution is -2.05. The topological polar surface area (TPSA) is 82.3 Å². The second-order valence-electron chi connectivity index (χ2n) is 14.7. The van der Waals surface area contributed by atoms with Crippen LogP contribution in [0.2, 0.25) is 0 Å². The minimum absolute atomic E-state index is 0.522. The molecule has 61 heavy (non-hydrogen) atoms. The molecule has 0 unspecified atom stereocenters. The summed E-state index contributed by atoms with van der Waals surface area (Å²) in [6.07, 6.45) is 0. The van der Waals surface area contributed by atoms with Crippen LogP contribution in [0.1, 0.15) is 0 Å². The van der Waals surface area contributed by atoms with Crippen LogP contribution in [-0.2, 0) is 0 Å². The molecule has 0 aliphatic rings. The van der Waals surface area contributed by atoms with E-state index in [0.29, 0.717) is 34.9 Å². The summed E-state index contributed by atoms with van der Waals surface area (Å²) in [5.74, 6) is 3.38. The number of aromatic nitrogens is 7. The number of nitrogens with zero attached hydrogens (tertiary/aromatic N) is 7. The van der Waals surface area contributed by atoms with E-state index < -0.39 is 0 Å². The Morgan fingerprint density at radius 1 is 0.262 bits per heavy atom. The van der Waals surface area contributed by atoms with Crippen LogP contribution in [0.4, 0.5) is 0 Å². The number of hydrogen-bond acceptors (Lipinski definition) is 6. The van der Waals surface area contributed by atoms with Gasteiger partial charge in [-0.1, -0.05) is 188 Å². The summed E-state index contributed by atoms with van der Waals surface area (Å²) in [4.78, 5) is 30.9. The average Bonchev–Trinajstić information content (AvgIpc) is 3.69. The normalized spacial score (nSPS) is 11.3. The summed E-state index contributed by atoms with van der Waals surface area (Å²) in [6, 6.07) is 72.3. The van der Waals surface area contributed by atoms with E-state index in [1.165, 1.54) is 0 Å². The first-order valence-corrected chi connectivity index (χ1v) is 20.2. The molecule has 0 aliphatic heterocycles. The SMILES string of the molecule is c1ccc(-c2nc(-c3ccccc3)nc(-c3ccc(-n4c5ccccc5c5cccc(-c6ccccc6)c54)c(-c4nc(-c5ccccc5)nc(-c5ccccc5)n4)c3)n2)cc1. The zero-order valence-corrected chi connectivity index (χ0v) is 32.8. The third-order valence-electron chi connectivity index (χ3n) is 10.9. The fraction of sp³-hybridized carbons (Fsp3) is 0. The van der Waals surface area contributed by atoms with Gasteiger partial charge in [0.05, 0.1) is 16.7 Å². The molecule has 3 heterocycles. The standard InChI is InChI=1S/C54H35N7/c1-6-19-36(20-7-1)42-30-18-31-44-43-29-16-17-32-46(43)61(48(42)44)47-34-33-41(53-57-49(37-21-8-2-9-22-37)55-50(58-53)38-23-10-3-11-24-38)35-45(47)54-59-51(39-25-12-4-13-26-39)56-52(60-54)40-27-14-5-15-28-40/h1-35H. The van der Waals surface area contributed by atoms with Gasteiger partial charge in [-0.25, -0.2) is 29.9 Å². The van der Waals surface area contributed by atoms with Crippen LogP contribution in [0.25, 0.3) is 107 Å². The van der Waals surface area contributed by atoms with Crippen LogP contribution in [0.15, 0.2) is 212 Å². The molecule has 11 rings (SSSR count). The molecule has 0 fully saturated rings. The first-order chi connectivity index (χ1) is 30.2. The highest BCUT2D eigenvalue weighted by atomic mass is 15.1. The first kappa shape index (κ1) is 35.7. The van der Waals surface area contributed by atoms with Crippen molar-refractivity contribution in [2.45, 2.75) is 0 Å². The quantitative estimate of drug-likeness (QED) is 0.153. The Bertz CT molecular complexity index is 3220. The molecule has 8 aromatic carbocycles. The van der Waals surface area contributed by atoms with Gasteiger partial charge in [-0.3, -0.25) is 0 Å². The lowest BCUT2D eigenvalue weighted by atomic mass is 10.0. The molecule has 0 aliphatic carbocycles. The van der Waals surface area contributed by atoms with Crippen LogP contribution in [0, 0.1) is 0 Å². The molecule has 11 aromatic rings. The van der Waals surface area contributed by atoms with Gasteiger partial charge in [0.15, 0.2) is 34.9 Å². The van der Waals surface area contributed by atoms with Gasteiger partial charge >= 0.3 is 0 Å². The maximum atomic E-state index is 5.29. The third kappa shape index (κ3) is 6.70. The molecule has 0 radical (unpaired) electrons. The lowest BCUT2D eigenvalue weighted by molar-refractivity contribution is 1.06. The maximum absolute atomic E-state index is 5.29. The van der Waals surface area contributed by atoms with E-state index in [0.717, 1.165) is 72.0 Å². The smallest absolute Gasteiger partial charge is 0.166 e. The highest BCUT2D eigenvalue weighted by molar-refractivity contribution is 6.14. The Morgan fingerprint density at radius 2 is 0.656 bits per heavy atom. The van der Waals surface area contributed by atoms with Crippen molar-refractivity contribution < 1.29 is 0 Å². The number of para-hydroxylation sites is 2. The van der Waals surface area contributed by atoms with E-state index in [9.17, 15) is 0 Å². The number of rotatable bonds is 8. The molecule has 7 heteroatoms. The summed E-state index contributed by atoms with van der Waals surface area (Å²) < 4.78 is 2.36. The highest BCUT2D eigenvalue weighted by Gasteiger charge is 2.23. The second kappa shape index (κ2) is 15.4. The number of benzene rings is 8. The Hall–Kier alpha value is -8.42. The van der Waals surface area contributed by atoms with Crippen molar-refractivity contribution in [1.82, 2.24) is 34.5 Å². The van der Waals surface area contributed by atoms with Crippen molar-refractivity contribution >= 4 is 21.8 Å². The van der Waals surface area contributed by atoms with Gasteiger partial charge in [0, 0.05) is 49.7 Å². The van der Waals surface area contributed by atoms with E-state index in [1.807, 2.05) is 121 Å². The maximum Gasteiger partial charge on any atom is 0.166 e. The van der Waals surface area contributed by atoms with E-state index in [4.69, 9.17) is 29.9 Å². The van der Waals surface area contributed by atoms with E-state index in [2.05, 4.69) is 95.6 Å². The molecule has 0 saturated heterocycles. The Kier molecular flexibility index (Phi) is 9.02. The molecule has 3 aromatic heterocycles. The van der Waals surface area contributed by atoms with Gasteiger partial charge < -0.3 is 4.57 Å². The van der Waals surface area contributed by atoms with Crippen LogP contribution < -0.4 is 0 Å². The van der Waals surface area contributed by atoms with Crippen LogP contribution in [0.3, 0.4) is 0 Å². The highest BCUT2D eigenvalue weighted by Crippen LogP contribution is 2.41. The van der Waals surface area contributed by atoms with Crippen LogP contribution in [0.5, 0.6) is 0 Å². The van der Waals surface area contributed by atoms with Gasteiger partial charge in [0.1, 0.15) is 0 Å². The molecule has 0 saturated carbocycles. The molecule has 0 amide bonds. The third-order valence-corrected chi connectivity index (χ3v) is 10.9. The predicted octanol–water partition coefficient (Wildman–Crippen LogP) is 12.8. The number of fused-ring (bicyclic) bond motifs is 3.